The molecule has 0 rings (SSSR count). The van der Waals surface area contributed by atoms with Crippen molar-refractivity contribution in [3.8, 4) is 0 Å². The summed E-state index contributed by atoms with van der Waals surface area (Å²) < 4.78 is 5.41. The molecule has 0 bridgehead atoms. The van der Waals surface area contributed by atoms with Crippen LogP contribution in [0.3, 0.4) is 0 Å². The molecule has 0 aliphatic carbocycles. The van der Waals surface area contributed by atoms with Gasteiger partial charge in [-0.05, 0) is 40.3 Å². The fraction of sp³-hybridized carbons (Fsp3) is 1.00. The van der Waals surface area contributed by atoms with Gasteiger partial charge < -0.3 is 15.2 Å². The zero-order valence-corrected chi connectivity index (χ0v) is 12.8. The maximum absolute atomic E-state index is 9.53. The zero-order valence-electron chi connectivity index (χ0n) is 12.8. The molecule has 4 heteroatoms. The standard InChI is InChI=1S/C14H32N2O2/c1-6-15-14(5,12-17)11-13(4)16(7-2)9-10-18-8-3/h13,15,17H,6-12H2,1-5H3. The third-order valence-corrected chi connectivity index (χ3v) is 3.45. The Morgan fingerprint density at radius 1 is 1.33 bits per heavy atom. The van der Waals surface area contributed by atoms with Crippen LogP contribution < -0.4 is 5.32 Å². The highest BCUT2D eigenvalue weighted by molar-refractivity contribution is 4.86. The van der Waals surface area contributed by atoms with Crippen LogP contribution in [0.15, 0.2) is 0 Å². The molecule has 0 saturated heterocycles. The van der Waals surface area contributed by atoms with Crippen molar-refractivity contribution in [3.05, 3.63) is 0 Å². The lowest BCUT2D eigenvalue weighted by Gasteiger charge is -2.36. The number of nitrogens with one attached hydrogen (secondary N) is 1. The fourth-order valence-corrected chi connectivity index (χ4v) is 2.42. The van der Waals surface area contributed by atoms with Gasteiger partial charge in [0.1, 0.15) is 0 Å². The quantitative estimate of drug-likeness (QED) is 0.552. The number of hydrogen-bond donors (Lipinski definition) is 2. The van der Waals surface area contributed by atoms with Gasteiger partial charge in [-0.1, -0.05) is 13.8 Å². The van der Waals surface area contributed by atoms with Crippen LogP contribution in [0.25, 0.3) is 0 Å². The molecule has 0 aromatic rings. The smallest absolute Gasteiger partial charge is 0.0611 e. The second-order valence-electron chi connectivity index (χ2n) is 5.13. The van der Waals surface area contributed by atoms with E-state index in [1.54, 1.807) is 0 Å². The molecule has 0 amide bonds. The molecule has 0 aromatic carbocycles. The van der Waals surface area contributed by atoms with Gasteiger partial charge >= 0.3 is 0 Å². The van der Waals surface area contributed by atoms with Crippen molar-refractivity contribution in [3.63, 3.8) is 0 Å². The third kappa shape index (κ3) is 6.69. The zero-order chi connectivity index (χ0) is 14.0. The average molecular weight is 260 g/mol. The summed E-state index contributed by atoms with van der Waals surface area (Å²) in [5, 5.41) is 12.9. The molecule has 2 atom stereocenters. The fourth-order valence-electron chi connectivity index (χ4n) is 2.42. The van der Waals surface area contributed by atoms with Gasteiger partial charge in [-0.2, -0.15) is 0 Å². The predicted octanol–water partition coefficient (Wildman–Crippen LogP) is 1.48. The number of likely N-dealkylation sites (N-methyl/N-ethyl adjacent to an activating group) is 2. The van der Waals surface area contributed by atoms with Gasteiger partial charge in [0.05, 0.1) is 13.2 Å². The Bertz CT molecular complexity index is 202. The van der Waals surface area contributed by atoms with Crippen LogP contribution in [0, 0.1) is 0 Å². The summed E-state index contributed by atoms with van der Waals surface area (Å²) in [6, 6.07) is 0.437. The van der Waals surface area contributed by atoms with E-state index < -0.39 is 0 Å². The Hall–Kier alpha value is -0.160. The highest BCUT2D eigenvalue weighted by atomic mass is 16.5. The summed E-state index contributed by atoms with van der Waals surface area (Å²) in [4.78, 5) is 2.40. The highest BCUT2D eigenvalue weighted by Gasteiger charge is 2.26. The first-order chi connectivity index (χ1) is 8.52. The average Bonchev–Trinajstić information content (AvgIpc) is 2.34. The van der Waals surface area contributed by atoms with Crippen molar-refractivity contribution in [2.45, 2.75) is 52.6 Å². The molecule has 2 unspecified atom stereocenters. The minimum absolute atomic E-state index is 0.175. The Kier molecular flexibility index (Phi) is 9.64. The van der Waals surface area contributed by atoms with Gasteiger partial charge in [-0.15, -0.1) is 0 Å². The monoisotopic (exact) mass is 260 g/mol. The van der Waals surface area contributed by atoms with E-state index in [0.29, 0.717) is 6.04 Å². The lowest BCUT2D eigenvalue weighted by molar-refractivity contribution is 0.0792. The summed E-state index contributed by atoms with van der Waals surface area (Å²) in [6.07, 6.45) is 0.942. The molecule has 0 radical (unpaired) electrons. The SMILES string of the molecule is CCNC(C)(CO)CC(C)N(CC)CCOCC. The van der Waals surface area contributed by atoms with Crippen molar-refractivity contribution in [2.24, 2.45) is 0 Å². The first-order valence-electron chi connectivity index (χ1n) is 7.20. The summed E-state index contributed by atoms with van der Waals surface area (Å²) in [5.74, 6) is 0. The first-order valence-corrected chi connectivity index (χ1v) is 7.20. The van der Waals surface area contributed by atoms with E-state index >= 15 is 0 Å². The van der Waals surface area contributed by atoms with Crippen LogP contribution in [0.5, 0.6) is 0 Å². The van der Waals surface area contributed by atoms with E-state index in [9.17, 15) is 5.11 Å². The Morgan fingerprint density at radius 3 is 2.44 bits per heavy atom. The molecule has 0 aliphatic rings. The van der Waals surface area contributed by atoms with Crippen molar-refractivity contribution in [1.82, 2.24) is 10.2 Å². The number of rotatable bonds is 11. The van der Waals surface area contributed by atoms with E-state index in [4.69, 9.17) is 4.74 Å². The van der Waals surface area contributed by atoms with E-state index in [-0.39, 0.29) is 12.1 Å². The van der Waals surface area contributed by atoms with Gasteiger partial charge in [0, 0.05) is 24.7 Å². The minimum Gasteiger partial charge on any atom is -0.394 e. The largest absolute Gasteiger partial charge is 0.394 e. The Labute approximate surface area is 113 Å². The third-order valence-electron chi connectivity index (χ3n) is 3.45. The number of ether oxygens (including phenoxy) is 1. The molecule has 110 valence electrons. The summed E-state index contributed by atoms with van der Waals surface area (Å²) in [6.45, 7) is 15.2. The molecule has 0 saturated carbocycles. The molecular weight excluding hydrogens is 228 g/mol. The summed E-state index contributed by atoms with van der Waals surface area (Å²) in [5.41, 5.74) is -0.187. The lowest BCUT2D eigenvalue weighted by atomic mass is 9.93. The van der Waals surface area contributed by atoms with Crippen molar-refractivity contribution in [1.29, 1.82) is 0 Å². The molecular formula is C14H32N2O2. The van der Waals surface area contributed by atoms with E-state index in [0.717, 1.165) is 39.3 Å². The molecule has 0 spiro atoms. The highest BCUT2D eigenvalue weighted by Crippen LogP contribution is 2.15. The van der Waals surface area contributed by atoms with Crippen LogP contribution in [-0.4, -0.2) is 61.0 Å². The normalized spacial score (nSPS) is 16.8. The minimum atomic E-state index is -0.187. The van der Waals surface area contributed by atoms with Gasteiger partial charge in [0.2, 0.25) is 0 Å². The maximum Gasteiger partial charge on any atom is 0.0611 e. The van der Waals surface area contributed by atoms with Crippen molar-refractivity contribution < 1.29 is 9.84 Å². The van der Waals surface area contributed by atoms with Gasteiger partial charge in [-0.25, -0.2) is 0 Å². The summed E-state index contributed by atoms with van der Waals surface area (Å²) in [7, 11) is 0. The van der Waals surface area contributed by atoms with E-state index in [2.05, 4.69) is 37.9 Å². The topological polar surface area (TPSA) is 44.7 Å². The Morgan fingerprint density at radius 2 is 2.00 bits per heavy atom. The molecule has 0 heterocycles. The van der Waals surface area contributed by atoms with Crippen LogP contribution in [0.4, 0.5) is 0 Å². The predicted molar refractivity (Wildman–Crippen MR) is 77.0 cm³/mol. The van der Waals surface area contributed by atoms with Crippen LogP contribution in [0.1, 0.15) is 41.0 Å². The van der Waals surface area contributed by atoms with Crippen LogP contribution in [-0.2, 0) is 4.74 Å². The molecule has 2 N–H and O–H groups in total. The summed E-state index contributed by atoms with van der Waals surface area (Å²) >= 11 is 0. The second kappa shape index (κ2) is 9.73. The molecule has 4 nitrogen and oxygen atoms in total. The van der Waals surface area contributed by atoms with Gasteiger partial charge in [-0.3, -0.25) is 4.90 Å². The van der Waals surface area contributed by atoms with Crippen molar-refractivity contribution >= 4 is 0 Å². The van der Waals surface area contributed by atoms with Crippen LogP contribution >= 0.6 is 0 Å². The molecule has 0 aromatic heterocycles. The maximum atomic E-state index is 9.53. The number of aliphatic hydroxyl groups is 1. The molecule has 0 fully saturated rings. The van der Waals surface area contributed by atoms with E-state index in [1.807, 2.05) is 6.92 Å². The van der Waals surface area contributed by atoms with Crippen molar-refractivity contribution in [2.75, 3.05) is 39.5 Å². The number of aliphatic hydroxyl groups excluding tert-OH is 1. The van der Waals surface area contributed by atoms with Crippen LogP contribution in [0.2, 0.25) is 0 Å². The Balaban J connectivity index is 4.26. The lowest BCUT2D eigenvalue weighted by Crippen LogP contribution is -2.51. The molecule has 18 heavy (non-hydrogen) atoms. The molecule has 0 aliphatic heterocycles. The van der Waals surface area contributed by atoms with E-state index in [1.165, 1.54) is 0 Å². The van der Waals surface area contributed by atoms with Gasteiger partial charge in [0.25, 0.3) is 0 Å². The van der Waals surface area contributed by atoms with Gasteiger partial charge in [0.15, 0.2) is 0 Å². The number of nitrogens with zero attached hydrogens (tertiary/aromatic N) is 1. The second-order valence-corrected chi connectivity index (χ2v) is 5.13. The first kappa shape index (κ1) is 17.8. The number of hydrogen-bond acceptors (Lipinski definition) is 4.